The maximum absolute atomic E-state index is 13.3. The van der Waals surface area contributed by atoms with Crippen molar-refractivity contribution in [3.63, 3.8) is 0 Å². The van der Waals surface area contributed by atoms with Crippen LogP contribution < -0.4 is 0 Å². The Kier molecular flexibility index (Phi) is 6.69. The average Bonchev–Trinajstić information content (AvgIpc) is 2.85. The van der Waals surface area contributed by atoms with E-state index < -0.39 is 16.0 Å². The van der Waals surface area contributed by atoms with Gasteiger partial charge in [0.2, 0.25) is 10.0 Å². The Balaban J connectivity index is 1.58. The normalized spacial score (nSPS) is 15.6. The first kappa shape index (κ1) is 22.2. The van der Waals surface area contributed by atoms with Crippen molar-refractivity contribution in [1.82, 2.24) is 9.21 Å². The molecule has 1 heterocycles. The average molecular weight is 451 g/mol. The molecule has 32 heavy (non-hydrogen) atoms. The van der Waals surface area contributed by atoms with Crippen LogP contribution >= 0.6 is 0 Å². The Morgan fingerprint density at radius 3 is 1.81 bits per heavy atom. The van der Waals surface area contributed by atoms with E-state index in [0.29, 0.717) is 26.2 Å². The van der Waals surface area contributed by atoms with Gasteiger partial charge in [0.25, 0.3) is 0 Å². The lowest BCUT2D eigenvalue weighted by molar-refractivity contribution is 0.0596. The van der Waals surface area contributed by atoms with Crippen molar-refractivity contribution in [2.75, 3.05) is 33.3 Å². The lowest BCUT2D eigenvalue weighted by Crippen LogP contribution is -2.49. The van der Waals surface area contributed by atoms with E-state index in [-0.39, 0.29) is 16.5 Å². The maximum Gasteiger partial charge on any atom is 0.339 e. The van der Waals surface area contributed by atoms with Gasteiger partial charge in [0.15, 0.2) is 0 Å². The summed E-state index contributed by atoms with van der Waals surface area (Å²) in [7, 11) is -2.57. The molecular formula is C25H26N2O4S. The number of hydrogen-bond donors (Lipinski definition) is 0. The minimum Gasteiger partial charge on any atom is -0.465 e. The zero-order valence-corrected chi connectivity index (χ0v) is 18.7. The first-order chi connectivity index (χ1) is 15.5. The molecule has 1 aliphatic heterocycles. The van der Waals surface area contributed by atoms with Crippen molar-refractivity contribution >= 4 is 16.0 Å². The van der Waals surface area contributed by atoms with E-state index in [9.17, 15) is 13.2 Å². The standard InChI is InChI=1S/C25H26N2O4S/c1-31-25(28)22-14-8-9-15-23(22)32(29,30)27-18-16-26(17-19-27)24(20-10-4-2-5-11-20)21-12-6-3-7-13-21/h2-15,24H,16-19H2,1H3. The summed E-state index contributed by atoms with van der Waals surface area (Å²) >= 11 is 0. The highest BCUT2D eigenvalue weighted by Crippen LogP contribution is 2.31. The van der Waals surface area contributed by atoms with Crippen LogP contribution in [-0.4, -0.2) is 56.9 Å². The topological polar surface area (TPSA) is 66.9 Å². The van der Waals surface area contributed by atoms with E-state index in [2.05, 4.69) is 29.2 Å². The van der Waals surface area contributed by atoms with E-state index in [4.69, 9.17) is 4.74 Å². The zero-order valence-electron chi connectivity index (χ0n) is 17.9. The first-order valence-electron chi connectivity index (χ1n) is 10.5. The number of carbonyl (C=O) groups is 1. The van der Waals surface area contributed by atoms with Crippen LogP contribution in [0.15, 0.2) is 89.8 Å². The number of ether oxygens (including phenoxy) is 1. The third kappa shape index (κ3) is 4.46. The number of piperazine rings is 1. The van der Waals surface area contributed by atoms with Gasteiger partial charge in [-0.25, -0.2) is 13.2 Å². The van der Waals surface area contributed by atoms with Crippen LogP contribution in [0.2, 0.25) is 0 Å². The molecule has 1 fully saturated rings. The molecule has 0 saturated carbocycles. The predicted molar refractivity (Wildman–Crippen MR) is 123 cm³/mol. The Bertz CT molecular complexity index is 1120. The highest BCUT2D eigenvalue weighted by molar-refractivity contribution is 7.89. The Morgan fingerprint density at radius 1 is 0.781 bits per heavy atom. The molecule has 0 aliphatic carbocycles. The quantitative estimate of drug-likeness (QED) is 0.537. The highest BCUT2D eigenvalue weighted by atomic mass is 32.2. The molecule has 0 atom stereocenters. The summed E-state index contributed by atoms with van der Waals surface area (Å²) in [5, 5.41) is 0. The molecule has 0 unspecified atom stereocenters. The summed E-state index contributed by atoms with van der Waals surface area (Å²) < 4.78 is 32.9. The molecule has 0 aromatic heterocycles. The fourth-order valence-corrected chi connectivity index (χ4v) is 5.80. The number of carbonyl (C=O) groups excluding carboxylic acids is 1. The molecule has 6 nitrogen and oxygen atoms in total. The first-order valence-corrected chi connectivity index (χ1v) is 12.0. The molecule has 0 amide bonds. The molecule has 7 heteroatoms. The minimum absolute atomic E-state index is 0.0111. The fraction of sp³-hybridized carbons (Fsp3) is 0.240. The fourth-order valence-electron chi connectivity index (χ4n) is 4.20. The van der Waals surface area contributed by atoms with Gasteiger partial charge in [-0.15, -0.1) is 0 Å². The molecular weight excluding hydrogens is 424 g/mol. The second-order valence-electron chi connectivity index (χ2n) is 7.65. The van der Waals surface area contributed by atoms with Crippen LogP contribution in [0.25, 0.3) is 0 Å². The van der Waals surface area contributed by atoms with Gasteiger partial charge in [-0.05, 0) is 23.3 Å². The maximum atomic E-state index is 13.3. The van der Waals surface area contributed by atoms with Crippen molar-refractivity contribution in [3.8, 4) is 0 Å². The van der Waals surface area contributed by atoms with Crippen LogP contribution in [0.4, 0.5) is 0 Å². The van der Waals surface area contributed by atoms with Gasteiger partial charge in [0, 0.05) is 26.2 Å². The number of rotatable bonds is 6. The molecule has 0 radical (unpaired) electrons. The van der Waals surface area contributed by atoms with E-state index in [1.54, 1.807) is 12.1 Å². The largest absolute Gasteiger partial charge is 0.465 e. The van der Waals surface area contributed by atoms with E-state index in [1.165, 1.54) is 34.7 Å². The number of methoxy groups -OCH3 is 1. The number of hydrogen-bond acceptors (Lipinski definition) is 5. The molecule has 0 N–H and O–H groups in total. The van der Waals surface area contributed by atoms with Crippen LogP contribution in [0, 0.1) is 0 Å². The van der Waals surface area contributed by atoms with Crippen LogP contribution in [-0.2, 0) is 14.8 Å². The zero-order chi connectivity index (χ0) is 22.6. The van der Waals surface area contributed by atoms with Crippen molar-refractivity contribution in [3.05, 3.63) is 102 Å². The molecule has 1 aliphatic rings. The SMILES string of the molecule is COC(=O)c1ccccc1S(=O)(=O)N1CCN(C(c2ccccc2)c2ccccc2)CC1. The summed E-state index contributed by atoms with van der Waals surface area (Å²) in [4.78, 5) is 14.4. The van der Waals surface area contributed by atoms with Gasteiger partial charge in [-0.1, -0.05) is 72.8 Å². The molecule has 0 bridgehead atoms. The van der Waals surface area contributed by atoms with E-state index in [0.717, 1.165) is 0 Å². The summed E-state index contributed by atoms with van der Waals surface area (Å²) in [5.74, 6) is -0.656. The lowest BCUT2D eigenvalue weighted by atomic mass is 9.96. The molecule has 3 aromatic carbocycles. The van der Waals surface area contributed by atoms with E-state index in [1.807, 2.05) is 36.4 Å². The summed E-state index contributed by atoms with van der Waals surface area (Å²) in [6.45, 7) is 1.84. The Hall–Kier alpha value is -3.00. The number of sulfonamides is 1. The van der Waals surface area contributed by atoms with Crippen molar-refractivity contribution in [2.45, 2.75) is 10.9 Å². The van der Waals surface area contributed by atoms with Gasteiger partial charge in [0.1, 0.15) is 0 Å². The molecule has 3 aromatic rings. The lowest BCUT2D eigenvalue weighted by Gasteiger charge is -2.39. The summed E-state index contributed by atoms with van der Waals surface area (Å²) in [6, 6.07) is 26.7. The molecule has 0 spiro atoms. The molecule has 4 rings (SSSR count). The minimum atomic E-state index is -3.82. The Labute approximate surface area is 189 Å². The van der Waals surface area contributed by atoms with Gasteiger partial charge < -0.3 is 4.74 Å². The molecule has 1 saturated heterocycles. The van der Waals surface area contributed by atoms with Gasteiger partial charge in [-0.2, -0.15) is 4.31 Å². The number of esters is 1. The predicted octanol–water partition coefficient (Wildman–Crippen LogP) is 3.57. The summed E-state index contributed by atoms with van der Waals surface area (Å²) in [5.41, 5.74) is 2.40. The third-order valence-electron chi connectivity index (χ3n) is 5.78. The Morgan fingerprint density at radius 2 is 1.28 bits per heavy atom. The van der Waals surface area contributed by atoms with Gasteiger partial charge in [0.05, 0.1) is 23.6 Å². The van der Waals surface area contributed by atoms with Gasteiger partial charge >= 0.3 is 5.97 Å². The smallest absolute Gasteiger partial charge is 0.339 e. The van der Waals surface area contributed by atoms with Gasteiger partial charge in [-0.3, -0.25) is 4.90 Å². The third-order valence-corrected chi connectivity index (χ3v) is 7.74. The van der Waals surface area contributed by atoms with Crippen molar-refractivity contribution < 1.29 is 17.9 Å². The monoisotopic (exact) mass is 450 g/mol. The van der Waals surface area contributed by atoms with Crippen LogP contribution in [0.3, 0.4) is 0 Å². The second-order valence-corrected chi connectivity index (χ2v) is 9.56. The molecule has 166 valence electrons. The second kappa shape index (κ2) is 9.65. The van der Waals surface area contributed by atoms with Crippen molar-refractivity contribution in [2.24, 2.45) is 0 Å². The van der Waals surface area contributed by atoms with Crippen LogP contribution in [0.1, 0.15) is 27.5 Å². The van der Waals surface area contributed by atoms with Crippen molar-refractivity contribution in [1.29, 1.82) is 0 Å². The highest BCUT2D eigenvalue weighted by Gasteiger charge is 2.34. The number of benzene rings is 3. The van der Waals surface area contributed by atoms with E-state index >= 15 is 0 Å². The summed E-state index contributed by atoms with van der Waals surface area (Å²) in [6.07, 6.45) is 0. The number of nitrogens with zero attached hydrogens (tertiary/aromatic N) is 2. The van der Waals surface area contributed by atoms with Crippen LogP contribution in [0.5, 0.6) is 0 Å².